The minimum Gasteiger partial charge on any atom is -0.383 e. The minimum atomic E-state index is -0.941. The van der Waals surface area contributed by atoms with Gasteiger partial charge in [0.2, 0.25) is 0 Å². The predicted octanol–water partition coefficient (Wildman–Crippen LogP) is 2.94. The summed E-state index contributed by atoms with van der Waals surface area (Å²) >= 11 is 1.58. The van der Waals surface area contributed by atoms with Crippen LogP contribution in [0.15, 0.2) is 21.8 Å². The lowest BCUT2D eigenvalue weighted by atomic mass is 10.00. The number of hydrogen-bond donors (Lipinski definition) is 3. The third-order valence-corrected chi connectivity index (χ3v) is 3.78. The van der Waals surface area contributed by atoms with Crippen LogP contribution in [0.4, 0.5) is 0 Å². The van der Waals surface area contributed by atoms with Crippen LogP contribution in [0.25, 0.3) is 0 Å². The van der Waals surface area contributed by atoms with E-state index in [0.717, 1.165) is 37.6 Å². The van der Waals surface area contributed by atoms with E-state index < -0.39 is 5.60 Å². The Morgan fingerprint density at radius 2 is 2.17 bits per heavy atom. The van der Waals surface area contributed by atoms with Gasteiger partial charge in [-0.05, 0) is 56.5 Å². The summed E-state index contributed by atoms with van der Waals surface area (Å²) in [5.41, 5.74) is -0.0363. The third-order valence-electron chi connectivity index (χ3n) is 3.10. The van der Waals surface area contributed by atoms with Crippen LogP contribution in [0, 0.1) is 0 Å². The molecule has 134 valence electrons. The minimum absolute atomic E-state index is 0. The molecule has 1 aromatic rings. The standard InChI is InChI=1S/C16H29N3O2S.HI/c1-5-17-15(18-8-6-9-21-13(2)3)19-12-16(4,20)14-7-10-22-11-14;/h7,10-11,13,20H,5-6,8-9,12H2,1-4H3,(H2,17,18,19);1H. The molecule has 0 aliphatic heterocycles. The van der Waals surface area contributed by atoms with E-state index in [1.165, 1.54) is 0 Å². The van der Waals surface area contributed by atoms with Gasteiger partial charge in [-0.2, -0.15) is 11.3 Å². The maximum atomic E-state index is 10.5. The monoisotopic (exact) mass is 455 g/mol. The number of rotatable bonds is 9. The first kappa shape index (κ1) is 22.6. The van der Waals surface area contributed by atoms with Gasteiger partial charge in [0, 0.05) is 19.7 Å². The highest BCUT2D eigenvalue weighted by Crippen LogP contribution is 2.23. The molecular formula is C16H30IN3O2S. The predicted molar refractivity (Wildman–Crippen MR) is 109 cm³/mol. The molecule has 0 spiro atoms. The van der Waals surface area contributed by atoms with Crippen molar-refractivity contribution in [2.45, 2.75) is 45.8 Å². The first-order valence-corrected chi connectivity index (χ1v) is 8.79. The topological polar surface area (TPSA) is 65.9 Å². The fourth-order valence-electron chi connectivity index (χ4n) is 1.83. The van der Waals surface area contributed by atoms with Gasteiger partial charge in [-0.3, -0.25) is 0 Å². The largest absolute Gasteiger partial charge is 0.383 e. The normalized spacial score (nSPS) is 14.3. The van der Waals surface area contributed by atoms with Crippen molar-refractivity contribution in [1.29, 1.82) is 0 Å². The van der Waals surface area contributed by atoms with Crippen LogP contribution in [-0.4, -0.2) is 43.4 Å². The fraction of sp³-hybridized carbons (Fsp3) is 0.688. The van der Waals surface area contributed by atoms with Gasteiger partial charge >= 0.3 is 0 Å². The number of nitrogens with one attached hydrogen (secondary N) is 2. The molecule has 0 amide bonds. The molecule has 23 heavy (non-hydrogen) atoms. The summed E-state index contributed by atoms with van der Waals surface area (Å²) in [5, 5.41) is 20.9. The number of nitrogens with zero attached hydrogens (tertiary/aromatic N) is 1. The Labute approximate surface area is 160 Å². The Hall–Kier alpha value is -0.380. The van der Waals surface area contributed by atoms with E-state index in [1.807, 2.05) is 37.6 Å². The Morgan fingerprint density at radius 1 is 1.43 bits per heavy atom. The summed E-state index contributed by atoms with van der Waals surface area (Å²) in [6.45, 7) is 10.5. The zero-order chi connectivity index (χ0) is 16.4. The quantitative estimate of drug-likeness (QED) is 0.232. The van der Waals surface area contributed by atoms with Crippen LogP contribution in [0.1, 0.15) is 39.7 Å². The smallest absolute Gasteiger partial charge is 0.191 e. The zero-order valence-corrected chi connectivity index (χ0v) is 17.6. The van der Waals surface area contributed by atoms with E-state index in [1.54, 1.807) is 18.3 Å². The highest BCUT2D eigenvalue weighted by atomic mass is 127. The molecule has 1 atom stereocenters. The Balaban J connectivity index is 0.00000484. The molecule has 1 rings (SSSR count). The van der Waals surface area contributed by atoms with E-state index in [9.17, 15) is 5.11 Å². The first-order chi connectivity index (χ1) is 10.5. The number of halogens is 1. The van der Waals surface area contributed by atoms with E-state index in [2.05, 4.69) is 15.6 Å². The van der Waals surface area contributed by atoms with Crippen LogP contribution in [-0.2, 0) is 10.3 Å². The van der Waals surface area contributed by atoms with Crippen molar-refractivity contribution in [3.63, 3.8) is 0 Å². The van der Waals surface area contributed by atoms with Gasteiger partial charge in [0.25, 0.3) is 0 Å². The maximum Gasteiger partial charge on any atom is 0.191 e. The SMILES string of the molecule is CCNC(=NCC(C)(O)c1ccsc1)NCCCOC(C)C.I. The number of hydrogen-bond acceptors (Lipinski definition) is 4. The second-order valence-corrected chi connectivity index (χ2v) is 6.46. The van der Waals surface area contributed by atoms with Crippen molar-refractivity contribution in [3.8, 4) is 0 Å². The summed E-state index contributed by atoms with van der Waals surface area (Å²) in [4.78, 5) is 4.48. The molecule has 7 heteroatoms. The van der Waals surface area contributed by atoms with Gasteiger partial charge in [-0.25, -0.2) is 4.99 Å². The molecular weight excluding hydrogens is 425 g/mol. The molecule has 0 radical (unpaired) electrons. The molecule has 0 aromatic carbocycles. The Kier molecular flexibility index (Phi) is 11.9. The van der Waals surface area contributed by atoms with Crippen LogP contribution < -0.4 is 10.6 Å². The van der Waals surface area contributed by atoms with Gasteiger partial charge in [0.1, 0.15) is 5.60 Å². The van der Waals surface area contributed by atoms with E-state index in [0.29, 0.717) is 6.54 Å². The highest BCUT2D eigenvalue weighted by molar-refractivity contribution is 14.0. The van der Waals surface area contributed by atoms with Crippen molar-refractivity contribution < 1.29 is 9.84 Å². The Morgan fingerprint density at radius 3 is 2.74 bits per heavy atom. The van der Waals surface area contributed by atoms with Crippen molar-refractivity contribution >= 4 is 41.3 Å². The molecule has 0 saturated heterocycles. The van der Waals surface area contributed by atoms with E-state index in [4.69, 9.17) is 4.74 Å². The van der Waals surface area contributed by atoms with Crippen LogP contribution in [0.2, 0.25) is 0 Å². The maximum absolute atomic E-state index is 10.5. The molecule has 3 N–H and O–H groups in total. The molecule has 0 aliphatic rings. The summed E-state index contributed by atoms with van der Waals surface area (Å²) in [5.74, 6) is 0.725. The lowest BCUT2D eigenvalue weighted by Gasteiger charge is -2.21. The second-order valence-electron chi connectivity index (χ2n) is 5.68. The molecule has 0 fully saturated rings. The molecule has 1 heterocycles. The van der Waals surface area contributed by atoms with E-state index >= 15 is 0 Å². The summed E-state index contributed by atoms with van der Waals surface area (Å²) < 4.78 is 5.51. The fourth-order valence-corrected chi connectivity index (χ4v) is 2.62. The number of aliphatic imine (C=N–C) groups is 1. The van der Waals surface area contributed by atoms with Crippen LogP contribution in [0.5, 0.6) is 0 Å². The third kappa shape index (κ3) is 9.49. The van der Waals surface area contributed by atoms with Gasteiger partial charge in [-0.15, -0.1) is 24.0 Å². The highest BCUT2D eigenvalue weighted by Gasteiger charge is 2.23. The van der Waals surface area contributed by atoms with Gasteiger partial charge in [-0.1, -0.05) is 0 Å². The van der Waals surface area contributed by atoms with Crippen molar-refractivity contribution in [2.24, 2.45) is 4.99 Å². The van der Waals surface area contributed by atoms with Crippen molar-refractivity contribution in [1.82, 2.24) is 10.6 Å². The molecule has 0 saturated carbocycles. The van der Waals surface area contributed by atoms with Gasteiger partial charge in [0.15, 0.2) is 5.96 Å². The number of ether oxygens (including phenoxy) is 1. The van der Waals surface area contributed by atoms with Crippen molar-refractivity contribution in [2.75, 3.05) is 26.2 Å². The molecule has 1 unspecified atom stereocenters. The van der Waals surface area contributed by atoms with Gasteiger partial charge in [0.05, 0.1) is 12.6 Å². The van der Waals surface area contributed by atoms with E-state index in [-0.39, 0.29) is 30.1 Å². The Bertz CT molecular complexity index is 437. The summed E-state index contributed by atoms with van der Waals surface area (Å²) in [6, 6.07) is 1.93. The second kappa shape index (κ2) is 12.0. The average Bonchev–Trinajstić information content (AvgIpc) is 2.99. The summed E-state index contributed by atoms with van der Waals surface area (Å²) in [6.07, 6.45) is 1.19. The lowest BCUT2D eigenvalue weighted by molar-refractivity contribution is 0.0676. The summed E-state index contributed by atoms with van der Waals surface area (Å²) in [7, 11) is 0. The molecule has 1 aromatic heterocycles. The van der Waals surface area contributed by atoms with Crippen LogP contribution >= 0.6 is 35.3 Å². The lowest BCUT2D eigenvalue weighted by Crippen LogP contribution is -2.39. The van der Waals surface area contributed by atoms with Gasteiger partial charge < -0.3 is 20.5 Å². The zero-order valence-electron chi connectivity index (χ0n) is 14.5. The first-order valence-electron chi connectivity index (χ1n) is 7.84. The molecule has 0 bridgehead atoms. The molecule has 0 aliphatic carbocycles. The molecule has 5 nitrogen and oxygen atoms in total. The number of guanidine groups is 1. The van der Waals surface area contributed by atoms with Crippen LogP contribution in [0.3, 0.4) is 0 Å². The average molecular weight is 455 g/mol. The number of thiophene rings is 1. The number of aliphatic hydroxyl groups is 1. The van der Waals surface area contributed by atoms with Crippen molar-refractivity contribution in [3.05, 3.63) is 22.4 Å².